The summed E-state index contributed by atoms with van der Waals surface area (Å²) in [7, 11) is 1.48. The molecule has 3 aromatic rings. The summed E-state index contributed by atoms with van der Waals surface area (Å²) in [5.74, 6) is -0.00406. The highest BCUT2D eigenvalue weighted by molar-refractivity contribution is 6.31. The third-order valence-electron chi connectivity index (χ3n) is 3.54. The van der Waals surface area contributed by atoms with Crippen LogP contribution in [0.5, 0.6) is 5.75 Å². The molecule has 0 saturated heterocycles. The lowest BCUT2D eigenvalue weighted by molar-refractivity contribution is -0.384. The van der Waals surface area contributed by atoms with Gasteiger partial charge in [0.15, 0.2) is 5.69 Å². The second-order valence-corrected chi connectivity index (χ2v) is 5.66. The first-order valence-corrected chi connectivity index (χ1v) is 7.81. The number of methoxy groups -OCH3 is 1. The van der Waals surface area contributed by atoms with Crippen LogP contribution in [0.2, 0.25) is 5.02 Å². The Labute approximate surface area is 153 Å². The molecule has 1 N–H and O–H groups in total. The summed E-state index contributed by atoms with van der Waals surface area (Å²) >= 11 is 5.95. The molecule has 132 valence electrons. The standard InChI is InChI=1S/C17H13ClN4O4/c1-26-16-6-5-11(18)9-15(16)19-17(23)14-7-8-21(20-14)12-3-2-4-13(10-12)22(24)25/h2-10H,1H3,(H,19,23). The molecule has 0 atom stereocenters. The first-order chi connectivity index (χ1) is 12.5. The first-order valence-electron chi connectivity index (χ1n) is 7.43. The average Bonchev–Trinajstić information content (AvgIpc) is 3.12. The minimum absolute atomic E-state index is 0.0623. The first kappa shape index (κ1) is 17.4. The maximum absolute atomic E-state index is 12.4. The lowest BCUT2D eigenvalue weighted by Crippen LogP contribution is -2.14. The Morgan fingerprint density at radius 3 is 2.81 bits per heavy atom. The van der Waals surface area contributed by atoms with Gasteiger partial charge in [-0.2, -0.15) is 5.10 Å². The van der Waals surface area contributed by atoms with Crippen molar-refractivity contribution in [3.63, 3.8) is 0 Å². The number of nitrogens with zero attached hydrogens (tertiary/aromatic N) is 3. The van der Waals surface area contributed by atoms with Gasteiger partial charge < -0.3 is 10.1 Å². The van der Waals surface area contributed by atoms with E-state index in [-0.39, 0.29) is 11.4 Å². The number of hydrogen-bond donors (Lipinski definition) is 1. The summed E-state index contributed by atoms with van der Waals surface area (Å²) in [6.07, 6.45) is 1.54. The van der Waals surface area contributed by atoms with Crippen molar-refractivity contribution < 1.29 is 14.5 Å². The molecule has 0 saturated carbocycles. The van der Waals surface area contributed by atoms with Crippen LogP contribution in [0.15, 0.2) is 54.7 Å². The Kier molecular flexibility index (Phi) is 4.85. The lowest BCUT2D eigenvalue weighted by Gasteiger charge is -2.09. The molecule has 1 amide bonds. The highest BCUT2D eigenvalue weighted by Crippen LogP contribution is 2.28. The molecule has 1 heterocycles. The SMILES string of the molecule is COc1ccc(Cl)cc1NC(=O)c1ccn(-c2cccc([N+](=O)[O-])c2)n1. The van der Waals surface area contributed by atoms with E-state index in [0.717, 1.165) is 0 Å². The van der Waals surface area contributed by atoms with Crippen LogP contribution in [0.4, 0.5) is 11.4 Å². The molecule has 9 heteroatoms. The molecular formula is C17H13ClN4O4. The van der Waals surface area contributed by atoms with Gasteiger partial charge in [-0.3, -0.25) is 14.9 Å². The Bertz CT molecular complexity index is 986. The van der Waals surface area contributed by atoms with Crippen molar-refractivity contribution in [2.75, 3.05) is 12.4 Å². The van der Waals surface area contributed by atoms with Crippen molar-refractivity contribution in [1.82, 2.24) is 9.78 Å². The molecule has 2 aromatic carbocycles. The number of carbonyl (C=O) groups excluding carboxylic acids is 1. The van der Waals surface area contributed by atoms with Crippen LogP contribution in [-0.2, 0) is 0 Å². The quantitative estimate of drug-likeness (QED) is 0.543. The van der Waals surface area contributed by atoms with Crippen molar-refractivity contribution in [3.8, 4) is 11.4 Å². The van der Waals surface area contributed by atoms with E-state index in [0.29, 0.717) is 22.1 Å². The number of halogens is 1. The number of non-ortho nitro benzene ring substituents is 1. The fraction of sp³-hybridized carbons (Fsp3) is 0.0588. The van der Waals surface area contributed by atoms with Gasteiger partial charge in [-0.05, 0) is 30.3 Å². The Balaban J connectivity index is 1.84. The van der Waals surface area contributed by atoms with E-state index in [1.54, 1.807) is 36.5 Å². The largest absolute Gasteiger partial charge is 0.495 e. The molecule has 1 aromatic heterocycles. The summed E-state index contributed by atoms with van der Waals surface area (Å²) in [5, 5.41) is 18.2. The normalized spacial score (nSPS) is 10.4. The Morgan fingerprint density at radius 1 is 1.27 bits per heavy atom. The molecule has 0 bridgehead atoms. The summed E-state index contributed by atoms with van der Waals surface area (Å²) < 4.78 is 6.57. The van der Waals surface area contributed by atoms with Crippen molar-refractivity contribution in [3.05, 3.63) is 75.6 Å². The number of aromatic nitrogens is 2. The van der Waals surface area contributed by atoms with Crippen LogP contribution in [0.3, 0.4) is 0 Å². The van der Waals surface area contributed by atoms with Gasteiger partial charge >= 0.3 is 0 Å². The fourth-order valence-corrected chi connectivity index (χ4v) is 2.47. The number of nitro benzene ring substituents is 1. The van der Waals surface area contributed by atoms with Gasteiger partial charge in [-0.25, -0.2) is 4.68 Å². The number of ether oxygens (including phenoxy) is 1. The number of hydrogen-bond acceptors (Lipinski definition) is 5. The summed E-state index contributed by atoms with van der Waals surface area (Å²) in [6, 6.07) is 12.3. The topological polar surface area (TPSA) is 99.3 Å². The van der Waals surface area contributed by atoms with Crippen LogP contribution >= 0.6 is 11.6 Å². The maximum atomic E-state index is 12.4. The molecule has 0 aliphatic rings. The van der Waals surface area contributed by atoms with Crippen LogP contribution in [-0.4, -0.2) is 27.7 Å². The van der Waals surface area contributed by atoms with Crippen molar-refractivity contribution in [2.45, 2.75) is 0 Å². The molecule has 0 aliphatic carbocycles. The van der Waals surface area contributed by atoms with Gasteiger partial charge in [-0.15, -0.1) is 0 Å². The molecule has 0 unspecified atom stereocenters. The van der Waals surface area contributed by atoms with Crippen LogP contribution < -0.4 is 10.1 Å². The average molecular weight is 373 g/mol. The molecule has 0 fully saturated rings. The van der Waals surface area contributed by atoms with E-state index in [2.05, 4.69) is 10.4 Å². The number of nitrogens with one attached hydrogen (secondary N) is 1. The highest BCUT2D eigenvalue weighted by Gasteiger charge is 2.14. The number of nitro groups is 1. The van der Waals surface area contributed by atoms with Crippen LogP contribution in [0.25, 0.3) is 5.69 Å². The maximum Gasteiger partial charge on any atom is 0.276 e. The van der Waals surface area contributed by atoms with E-state index in [1.807, 2.05) is 0 Å². The minimum atomic E-state index is -0.494. The second-order valence-electron chi connectivity index (χ2n) is 5.22. The zero-order valence-electron chi connectivity index (χ0n) is 13.5. The number of anilines is 1. The number of carbonyl (C=O) groups is 1. The van der Waals surface area contributed by atoms with E-state index in [9.17, 15) is 14.9 Å². The van der Waals surface area contributed by atoms with Gasteiger partial charge in [0.25, 0.3) is 11.6 Å². The molecule has 8 nitrogen and oxygen atoms in total. The molecule has 0 aliphatic heterocycles. The van der Waals surface area contributed by atoms with Gasteiger partial charge in [0.2, 0.25) is 0 Å². The second kappa shape index (κ2) is 7.24. The Morgan fingerprint density at radius 2 is 2.08 bits per heavy atom. The smallest absolute Gasteiger partial charge is 0.276 e. The van der Waals surface area contributed by atoms with E-state index < -0.39 is 10.8 Å². The molecule has 0 spiro atoms. The van der Waals surface area contributed by atoms with Gasteiger partial charge in [0.05, 0.1) is 23.4 Å². The van der Waals surface area contributed by atoms with E-state index >= 15 is 0 Å². The number of benzene rings is 2. The van der Waals surface area contributed by atoms with Gasteiger partial charge in [0.1, 0.15) is 5.75 Å². The predicted molar refractivity (Wildman–Crippen MR) is 96.2 cm³/mol. The van der Waals surface area contributed by atoms with E-state index in [1.165, 1.54) is 30.0 Å². The van der Waals surface area contributed by atoms with Gasteiger partial charge in [0, 0.05) is 23.4 Å². The van der Waals surface area contributed by atoms with Gasteiger partial charge in [-0.1, -0.05) is 17.7 Å². The number of rotatable bonds is 5. The van der Waals surface area contributed by atoms with Crippen LogP contribution in [0, 0.1) is 10.1 Å². The monoisotopic (exact) mass is 372 g/mol. The van der Waals surface area contributed by atoms with Crippen molar-refractivity contribution >= 4 is 28.9 Å². The van der Waals surface area contributed by atoms with Crippen LogP contribution in [0.1, 0.15) is 10.5 Å². The number of amides is 1. The molecule has 26 heavy (non-hydrogen) atoms. The lowest BCUT2D eigenvalue weighted by atomic mass is 10.2. The zero-order valence-corrected chi connectivity index (χ0v) is 14.3. The molecule has 0 radical (unpaired) electrons. The Hall–Kier alpha value is -3.39. The third kappa shape index (κ3) is 3.65. The molecular weight excluding hydrogens is 360 g/mol. The molecule has 3 rings (SSSR count). The minimum Gasteiger partial charge on any atom is -0.495 e. The predicted octanol–water partition coefficient (Wildman–Crippen LogP) is 3.69. The van der Waals surface area contributed by atoms with Crippen molar-refractivity contribution in [1.29, 1.82) is 0 Å². The summed E-state index contributed by atoms with van der Waals surface area (Å²) in [6.45, 7) is 0. The summed E-state index contributed by atoms with van der Waals surface area (Å²) in [5.41, 5.74) is 0.958. The van der Waals surface area contributed by atoms with E-state index in [4.69, 9.17) is 16.3 Å². The zero-order chi connectivity index (χ0) is 18.7. The summed E-state index contributed by atoms with van der Waals surface area (Å²) in [4.78, 5) is 22.8. The van der Waals surface area contributed by atoms with Crippen molar-refractivity contribution in [2.24, 2.45) is 0 Å². The third-order valence-corrected chi connectivity index (χ3v) is 3.77. The fourth-order valence-electron chi connectivity index (χ4n) is 2.30. The highest BCUT2D eigenvalue weighted by atomic mass is 35.5.